The first-order chi connectivity index (χ1) is 5.18. The Balaban J connectivity index is 3.25. The van der Waals surface area contributed by atoms with E-state index in [4.69, 9.17) is 10.2 Å². The number of hydrogen-bond donors (Lipinski definition) is 2. The number of carbonyl (C=O) groups excluding carboxylic acids is 1. The zero-order valence-corrected chi connectivity index (χ0v) is 6.74. The zero-order chi connectivity index (χ0) is 8.69. The molecule has 0 rings (SSSR count). The van der Waals surface area contributed by atoms with Crippen LogP contribution in [0.3, 0.4) is 0 Å². The van der Waals surface area contributed by atoms with E-state index in [2.05, 4.69) is 4.52 Å². The first-order valence-corrected chi connectivity index (χ1v) is 4.01. The normalized spacial score (nSPS) is 10.6. The monoisotopic (exact) mass is 180 g/mol. The molecule has 0 spiro atoms. The third-order valence-corrected chi connectivity index (χ3v) is 1.65. The van der Waals surface area contributed by atoms with E-state index in [1.54, 1.807) is 0 Å². The Morgan fingerprint density at radius 2 is 2.09 bits per heavy atom. The smallest absolute Gasteiger partial charge is 0.372 e. The van der Waals surface area contributed by atoms with E-state index in [1.807, 2.05) is 0 Å². The summed E-state index contributed by atoms with van der Waals surface area (Å²) in [6.45, 7) is -0.389. The number of Topliss-reactive ketones (excluding diaryl/α,β-unsaturated/α-hetero) is 1. The van der Waals surface area contributed by atoms with E-state index in [-0.39, 0.29) is 22.0 Å². The highest BCUT2D eigenvalue weighted by Crippen LogP contribution is 2.11. The quantitative estimate of drug-likeness (QED) is 0.251. The van der Waals surface area contributed by atoms with Gasteiger partial charge in [0.2, 0.25) is 5.78 Å². The van der Waals surface area contributed by atoms with Gasteiger partial charge < -0.3 is 14.7 Å². The van der Waals surface area contributed by atoms with Crippen molar-refractivity contribution in [2.75, 3.05) is 13.0 Å². The number of aliphatic hydroxyl groups excluding tert-OH is 1. The van der Waals surface area contributed by atoms with Crippen LogP contribution in [0.2, 0.25) is 0 Å². The van der Waals surface area contributed by atoms with Crippen LogP contribution in [0, 0.1) is 0 Å². The lowest BCUT2D eigenvalue weighted by atomic mass is 10.3. The van der Waals surface area contributed by atoms with Gasteiger partial charge in [0, 0.05) is 15.2 Å². The molecular weight excluding hydrogens is 171 g/mol. The molecule has 1 atom stereocenters. The van der Waals surface area contributed by atoms with Gasteiger partial charge in [-0.05, 0) is 6.16 Å². The minimum atomic E-state index is -1.42. The van der Waals surface area contributed by atoms with E-state index in [1.165, 1.54) is 0 Å². The van der Waals surface area contributed by atoms with Gasteiger partial charge in [-0.3, -0.25) is 4.79 Å². The molecule has 0 aliphatic rings. The fraction of sp³-hybridized carbons (Fsp3) is 0.600. The fourth-order valence-electron chi connectivity index (χ4n) is 0.389. The third-order valence-electron chi connectivity index (χ3n) is 0.859. The van der Waals surface area contributed by atoms with Gasteiger partial charge in [-0.25, -0.2) is 4.79 Å². The molecule has 6 heteroatoms. The molecule has 0 aliphatic heterocycles. The Morgan fingerprint density at radius 1 is 1.45 bits per heavy atom. The Morgan fingerprint density at radius 3 is 2.55 bits per heavy atom. The van der Waals surface area contributed by atoms with Gasteiger partial charge >= 0.3 is 5.97 Å². The minimum Gasteiger partial charge on any atom is -0.476 e. The molecular formula is C5H9O5P. The Labute approximate surface area is 65.2 Å². The third kappa shape index (κ3) is 5.91. The second kappa shape index (κ2) is 6.22. The first-order valence-electron chi connectivity index (χ1n) is 2.90. The fourth-order valence-corrected chi connectivity index (χ4v) is 0.954. The van der Waals surface area contributed by atoms with E-state index in [0.717, 1.165) is 0 Å². The molecule has 11 heavy (non-hydrogen) atoms. The molecule has 0 saturated carbocycles. The van der Waals surface area contributed by atoms with E-state index < -0.39 is 11.8 Å². The zero-order valence-electron chi connectivity index (χ0n) is 5.74. The highest BCUT2D eigenvalue weighted by Gasteiger charge is 2.09. The topological polar surface area (TPSA) is 83.8 Å². The van der Waals surface area contributed by atoms with Crippen molar-refractivity contribution in [3.8, 4) is 0 Å². The molecule has 0 aromatic rings. The summed E-state index contributed by atoms with van der Waals surface area (Å²) >= 11 is 0. The van der Waals surface area contributed by atoms with Gasteiger partial charge in [0.05, 0.1) is 0 Å². The highest BCUT2D eigenvalue weighted by molar-refractivity contribution is 7.32. The lowest BCUT2D eigenvalue weighted by Gasteiger charge is -1.96. The Bertz CT molecular complexity index is 146. The first kappa shape index (κ1) is 10.5. The van der Waals surface area contributed by atoms with Gasteiger partial charge in [-0.15, -0.1) is 0 Å². The molecule has 0 aromatic heterocycles. The number of hydrogen-bond acceptors (Lipinski definition) is 4. The number of aliphatic hydroxyl groups is 1. The van der Waals surface area contributed by atoms with Gasteiger partial charge in [-0.2, -0.15) is 0 Å². The SMILES string of the molecule is O=C(O)C(=O)CCPOCO. The number of carboxylic acids is 1. The predicted molar refractivity (Wildman–Crippen MR) is 38.6 cm³/mol. The standard InChI is InChI=1S/C5H9O5P/c6-3-10-11-2-1-4(7)5(8)9/h6,11H,1-3H2,(H,8,9). The van der Waals surface area contributed by atoms with Gasteiger partial charge in [-0.1, -0.05) is 0 Å². The van der Waals surface area contributed by atoms with E-state index in [9.17, 15) is 9.59 Å². The molecule has 0 radical (unpaired) electrons. The summed E-state index contributed by atoms with van der Waals surface area (Å²) in [6.07, 6.45) is 0.319. The molecule has 0 bridgehead atoms. The number of carbonyl (C=O) groups is 2. The van der Waals surface area contributed by atoms with Gasteiger partial charge in [0.1, 0.15) is 6.79 Å². The maximum atomic E-state index is 10.4. The average molecular weight is 180 g/mol. The Kier molecular flexibility index (Phi) is 5.93. The number of ketones is 1. The molecule has 0 fully saturated rings. The molecule has 64 valence electrons. The molecule has 0 saturated heterocycles. The summed E-state index contributed by atoms with van der Waals surface area (Å²) in [6, 6.07) is 0. The van der Waals surface area contributed by atoms with Crippen LogP contribution in [0.5, 0.6) is 0 Å². The summed E-state index contributed by atoms with van der Waals surface area (Å²) in [4.78, 5) is 20.3. The highest BCUT2D eigenvalue weighted by atomic mass is 31.1. The molecule has 0 amide bonds. The van der Waals surface area contributed by atoms with Crippen molar-refractivity contribution < 1.29 is 24.3 Å². The number of aliphatic carboxylic acids is 1. The van der Waals surface area contributed by atoms with Crippen molar-refractivity contribution in [3.63, 3.8) is 0 Å². The lowest BCUT2D eigenvalue weighted by molar-refractivity contribution is -0.148. The van der Waals surface area contributed by atoms with Crippen LogP contribution >= 0.6 is 8.81 Å². The second-order valence-electron chi connectivity index (χ2n) is 1.65. The van der Waals surface area contributed by atoms with Gasteiger partial charge in [0.25, 0.3) is 0 Å². The molecule has 1 unspecified atom stereocenters. The Hall–Kier alpha value is -0.510. The molecule has 0 aliphatic carbocycles. The maximum Gasteiger partial charge on any atom is 0.372 e. The van der Waals surface area contributed by atoms with E-state index in [0.29, 0.717) is 6.16 Å². The predicted octanol–water partition coefficient (Wildman–Crippen LogP) is -0.410. The van der Waals surface area contributed by atoms with Crippen molar-refractivity contribution in [3.05, 3.63) is 0 Å². The molecule has 0 heterocycles. The van der Waals surface area contributed by atoms with Crippen LogP contribution in [-0.4, -0.2) is 34.9 Å². The van der Waals surface area contributed by atoms with Crippen molar-refractivity contribution in [1.29, 1.82) is 0 Å². The average Bonchev–Trinajstić information content (AvgIpc) is 1.97. The van der Waals surface area contributed by atoms with Crippen molar-refractivity contribution in [2.45, 2.75) is 6.42 Å². The van der Waals surface area contributed by atoms with Crippen LogP contribution in [0.1, 0.15) is 6.42 Å². The van der Waals surface area contributed by atoms with Crippen LogP contribution in [0.25, 0.3) is 0 Å². The summed E-state index contributed by atoms with van der Waals surface area (Å²) in [5.74, 6) is -2.24. The lowest BCUT2D eigenvalue weighted by Crippen LogP contribution is -2.12. The second-order valence-corrected chi connectivity index (χ2v) is 2.72. The summed E-state index contributed by atoms with van der Waals surface area (Å²) in [5.41, 5.74) is 0. The van der Waals surface area contributed by atoms with Crippen molar-refractivity contribution >= 4 is 20.6 Å². The molecule has 5 nitrogen and oxygen atoms in total. The molecule has 2 N–H and O–H groups in total. The largest absolute Gasteiger partial charge is 0.476 e. The molecule has 0 aromatic carbocycles. The minimum absolute atomic E-state index is 0.0164. The van der Waals surface area contributed by atoms with Crippen LogP contribution in [-0.2, 0) is 14.1 Å². The number of rotatable bonds is 6. The summed E-state index contributed by atoms with van der Waals surface area (Å²) in [5, 5.41) is 16.2. The summed E-state index contributed by atoms with van der Waals surface area (Å²) < 4.78 is 4.50. The van der Waals surface area contributed by atoms with Crippen LogP contribution < -0.4 is 0 Å². The summed E-state index contributed by atoms with van der Waals surface area (Å²) in [7, 11) is -0.0164. The van der Waals surface area contributed by atoms with Crippen molar-refractivity contribution in [2.24, 2.45) is 0 Å². The van der Waals surface area contributed by atoms with Crippen LogP contribution in [0.15, 0.2) is 0 Å². The van der Waals surface area contributed by atoms with Crippen molar-refractivity contribution in [1.82, 2.24) is 0 Å². The van der Waals surface area contributed by atoms with E-state index >= 15 is 0 Å². The maximum absolute atomic E-state index is 10.4. The van der Waals surface area contributed by atoms with Crippen LogP contribution in [0.4, 0.5) is 0 Å². The number of carboxylic acid groups (broad SMARTS) is 1. The van der Waals surface area contributed by atoms with Gasteiger partial charge in [0.15, 0.2) is 0 Å².